The van der Waals surface area contributed by atoms with E-state index in [1.807, 2.05) is 0 Å². The molecule has 2 heterocycles. The number of aliphatic hydroxyl groups is 1. The van der Waals surface area contributed by atoms with Gasteiger partial charge in [-0.15, -0.1) is 0 Å². The molecular formula is C32H54O7. The monoisotopic (exact) mass is 550 g/mol. The molecular weight excluding hydrogens is 496 g/mol. The number of carbonyl (C=O) groups excluding carboxylic acids is 1. The van der Waals surface area contributed by atoms with E-state index in [1.54, 1.807) is 0 Å². The zero-order valence-corrected chi connectivity index (χ0v) is 24.6. The van der Waals surface area contributed by atoms with Gasteiger partial charge < -0.3 is 28.8 Å². The lowest BCUT2D eigenvalue weighted by Gasteiger charge is -2.30. The molecule has 224 valence electrons. The molecule has 0 aromatic carbocycles. The van der Waals surface area contributed by atoms with E-state index in [2.05, 4.69) is 38.2 Å². The van der Waals surface area contributed by atoms with E-state index in [0.717, 1.165) is 83.8 Å². The predicted octanol–water partition coefficient (Wildman–Crippen LogP) is 6.48. The SMILES string of the molecule is CCCC(C)CC(/C=C/[C@@H]1[C@@H](C/C=C\CCCC(=O)OC)[C@@H](O)C[C@H]1OC1CCCCO1)OC1CCCCO1. The van der Waals surface area contributed by atoms with Crippen LogP contribution in [0.15, 0.2) is 24.3 Å². The summed E-state index contributed by atoms with van der Waals surface area (Å²) in [7, 11) is 1.42. The van der Waals surface area contributed by atoms with Crippen molar-refractivity contribution in [3.8, 4) is 0 Å². The Hall–Kier alpha value is -1.25. The number of carbonyl (C=O) groups is 1. The number of ether oxygens (including phenoxy) is 5. The normalized spacial score (nSPS) is 31.6. The number of esters is 1. The van der Waals surface area contributed by atoms with Gasteiger partial charge in [-0.3, -0.25) is 4.79 Å². The van der Waals surface area contributed by atoms with E-state index in [-0.39, 0.29) is 42.6 Å². The summed E-state index contributed by atoms with van der Waals surface area (Å²) in [5.74, 6) is 0.527. The Balaban J connectivity index is 1.68. The van der Waals surface area contributed by atoms with Crippen LogP contribution in [0, 0.1) is 17.8 Å². The Kier molecular flexibility index (Phi) is 15.1. The second-order valence-electron chi connectivity index (χ2n) is 11.7. The van der Waals surface area contributed by atoms with Crippen molar-refractivity contribution in [1.29, 1.82) is 0 Å². The molecule has 39 heavy (non-hydrogen) atoms. The Morgan fingerprint density at radius 2 is 1.82 bits per heavy atom. The minimum atomic E-state index is -0.437. The minimum absolute atomic E-state index is 0.0199. The molecule has 3 aliphatic rings. The first-order valence-electron chi connectivity index (χ1n) is 15.6. The highest BCUT2D eigenvalue weighted by Gasteiger charge is 2.42. The summed E-state index contributed by atoms with van der Waals surface area (Å²) in [6.45, 7) is 6.04. The van der Waals surface area contributed by atoms with Gasteiger partial charge in [-0.1, -0.05) is 51.0 Å². The molecule has 8 atom stereocenters. The largest absolute Gasteiger partial charge is 0.469 e. The van der Waals surface area contributed by atoms with E-state index in [9.17, 15) is 9.90 Å². The lowest BCUT2D eigenvalue weighted by atomic mass is 9.89. The van der Waals surface area contributed by atoms with Crippen molar-refractivity contribution in [3.63, 3.8) is 0 Å². The molecule has 3 rings (SSSR count). The number of rotatable bonds is 16. The summed E-state index contributed by atoms with van der Waals surface area (Å²) in [4.78, 5) is 11.4. The average Bonchev–Trinajstić information content (AvgIpc) is 3.23. The second kappa shape index (κ2) is 18.2. The number of allylic oxidation sites excluding steroid dienone is 2. The van der Waals surface area contributed by atoms with Crippen molar-refractivity contribution < 1.29 is 33.6 Å². The quantitative estimate of drug-likeness (QED) is 0.134. The maximum absolute atomic E-state index is 11.4. The first kappa shape index (κ1) is 32.3. The van der Waals surface area contributed by atoms with Crippen LogP contribution in [0.3, 0.4) is 0 Å². The summed E-state index contributed by atoms with van der Waals surface area (Å²) < 4.78 is 29.5. The maximum atomic E-state index is 11.4. The Bertz CT molecular complexity index is 726. The van der Waals surface area contributed by atoms with Crippen LogP contribution in [0.5, 0.6) is 0 Å². The number of hydrogen-bond donors (Lipinski definition) is 1. The van der Waals surface area contributed by atoms with Gasteiger partial charge in [0, 0.05) is 32.0 Å². The van der Waals surface area contributed by atoms with Crippen LogP contribution in [0.1, 0.15) is 104 Å². The maximum Gasteiger partial charge on any atom is 0.305 e. The summed E-state index contributed by atoms with van der Waals surface area (Å²) in [5.41, 5.74) is 0. The van der Waals surface area contributed by atoms with Gasteiger partial charge in [0.15, 0.2) is 12.6 Å². The number of methoxy groups -OCH3 is 1. The molecule has 2 aliphatic heterocycles. The highest BCUT2D eigenvalue weighted by molar-refractivity contribution is 5.69. The van der Waals surface area contributed by atoms with Crippen molar-refractivity contribution in [2.24, 2.45) is 17.8 Å². The third-order valence-corrected chi connectivity index (χ3v) is 8.34. The average molecular weight is 551 g/mol. The van der Waals surface area contributed by atoms with Crippen LogP contribution in [0.2, 0.25) is 0 Å². The topological polar surface area (TPSA) is 83.5 Å². The summed E-state index contributed by atoms with van der Waals surface area (Å²) in [5, 5.41) is 11.1. The fourth-order valence-corrected chi connectivity index (χ4v) is 6.13. The van der Waals surface area contributed by atoms with Gasteiger partial charge >= 0.3 is 5.97 Å². The smallest absolute Gasteiger partial charge is 0.305 e. The molecule has 0 aromatic rings. The molecule has 7 nitrogen and oxygen atoms in total. The molecule has 2 saturated heterocycles. The van der Waals surface area contributed by atoms with E-state index in [4.69, 9.17) is 23.7 Å². The fourth-order valence-electron chi connectivity index (χ4n) is 6.13. The number of hydrogen-bond acceptors (Lipinski definition) is 7. The van der Waals surface area contributed by atoms with Gasteiger partial charge in [-0.05, 0) is 76.0 Å². The lowest BCUT2D eigenvalue weighted by Crippen LogP contribution is -2.31. The van der Waals surface area contributed by atoms with Crippen LogP contribution in [-0.2, 0) is 28.5 Å². The van der Waals surface area contributed by atoms with E-state index in [0.29, 0.717) is 18.8 Å². The molecule has 1 aliphatic carbocycles. The highest BCUT2D eigenvalue weighted by atomic mass is 16.7. The summed E-state index contributed by atoms with van der Waals surface area (Å²) >= 11 is 0. The van der Waals surface area contributed by atoms with Crippen LogP contribution >= 0.6 is 0 Å². The molecule has 7 heteroatoms. The molecule has 0 bridgehead atoms. The summed E-state index contributed by atoms with van der Waals surface area (Å²) in [6, 6.07) is 0. The van der Waals surface area contributed by atoms with Crippen LogP contribution in [0.4, 0.5) is 0 Å². The predicted molar refractivity (Wildman–Crippen MR) is 152 cm³/mol. The number of unbranched alkanes of at least 4 members (excludes halogenated alkanes) is 1. The van der Waals surface area contributed by atoms with Gasteiger partial charge in [0.1, 0.15) is 0 Å². The Morgan fingerprint density at radius 3 is 2.49 bits per heavy atom. The zero-order chi connectivity index (χ0) is 27.9. The first-order valence-corrected chi connectivity index (χ1v) is 15.6. The van der Waals surface area contributed by atoms with Crippen molar-refractivity contribution in [2.75, 3.05) is 20.3 Å². The fraction of sp³-hybridized carbons (Fsp3) is 0.844. The van der Waals surface area contributed by atoms with Gasteiger partial charge in [-0.2, -0.15) is 0 Å². The van der Waals surface area contributed by atoms with Crippen molar-refractivity contribution >= 4 is 5.97 Å². The van der Waals surface area contributed by atoms with Crippen molar-refractivity contribution in [1.82, 2.24) is 0 Å². The van der Waals surface area contributed by atoms with Crippen LogP contribution in [0.25, 0.3) is 0 Å². The van der Waals surface area contributed by atoms with Gasteiger partial charge in [0.25, 0.3) is 0 Å². The van der Waals surface area contributed by atoms with Crippen LogP contribution in [-0.4, -0.2) is 62.3 Å². The standard InChI is InChI=1S/C32H54O7/c1-4-13-24(2)22-25(38-31-16-9-11-20-36-31)18-19-27-26(14-7-5-6-8-15-30(34)35-3)28(33)23-29(27)39-32-17-10-12-21-37-32/h5,7,18-19,24-29,31-33H,4,6,8-17,20-23H2,1-3H3/b7-5-,19-18+/t24?,25?,26-,27-,28+,29-,31?,32?/m1/s1. The molecule has 0 amide bonds. The molecule has 1 saturated carbocycles. The second-order valence-corrected chi connectivity index (χ2v) is 11.7. The van der Waals surface area contributed by atoms with Gasteiger partial charge in [0.05, 0.1) is 25.4 Å². The van der Waals surface area contributed by atoms with Crippen LogP contribution < -0.4 is 0 Å². The van der Waals surface area contributed by atoms with Gasteiger partial charge in [-0.25, -0.2) is 0 Å². The Labute approximate surface area is 236 Å². The number of aliphatic hydroxyl groups excluding tert-OH is 1. The first-order chi connectivity index (χ1) is 19.0. The minimum Gasteiger partial charge on any atom is -0.469 e. The zero-order valence-electron chi connectivity index (χ0n) is 24.6. The molecule has 1 N–H and O–H groups in total. The molecule has 0 spiro atoms. The summed E-state index contributed by atoms with van der Waals surface area (Å²) in [6.07, 6.45) is 20.9. The lowest BCUT2D eigenvalue weighted by molar-refractivity contribution is -0.193. The van der Waals surface area contributed by atoms with E-state index >= 15 is 0 Å². The molecule has 4 unspecified atom stereocenters. The third kappa shape index (κ3) is 11.6. The third-order valence-electron chi connectivity index (χ3n) is 8.34. The van der Waals surface area contributed by atoms with Crippen molar-refractivity contribution in [2.45, 2.75) is 135 Å². The highest BCUT2D eigenvalue weighted by Crippen LogP contribution is 2.40. The van der Waals surface area contributed by atoms with E-state index < -0.39 is 6.10 Å². The van der Waals surface area contributed by atoms with Gasteiger partial charge in [0.2, 0.25) is 0 Å². The van der Waals surface area contributed by atoms with E-state index in [1.165, 1.54) is 13.5 Å². The van der Waals surface area contributed by atoms with Crippen molar-refractivity contribution in [3.05, 3.63) is 24.3 Å². The molecule has 3 fully saturated rings. The molecule has 0 aromatic heterocycles. The Morgan fingerprint density at radius 1 is 1.08 bits per heavy atom. The molecule has 0 radical (unpaired) electrons.